The average Bonchev–Trinajstić information content (AvgIpc) is 3.41. The van der Waals surface area contributed by atoms with Gasteiger partial charge in [-0.2, -0.15) is 26.3 Å². The SMILES string of the molecule is O=C(O)C(F)(F)F.O=C(O)C(F)(F)F.O=S1(=O)c2ccc(-c3ccncc3)cc2C2CN(Cc3cccnc3)CC21. The van der Waals surface area contributed by atoms with Crippen LogP contribution < -0.4 is 0 Å². The van der Waals surface area contributed by atoms with E-state index in [-0.39, 0.29) is 11.2 Å². The molecule has 16 heteroatoms. The normalized spacial score (nSPS) is 19.1. The fourth-order valence-electron chi connectivity index (χ4n) is 4.33. The molecule has 3 aromatic rings. The zero-order valence-electron chi connectivity index (χ0n) is 20.7. The Bertz CT molecular complexity index is 1460. The molecule has 0 amide bonds. The number of hydrogen-bond acceptors (Lipinski definition) is 7. The van der Waals surface area contributed by atoms with E-state index in [0.29, 0.717) is 11.4 Å². The molecule has 1 aromatic carbocycles. The molecule has 5 rings (SSSR count). The second kappa shape index (κ2) is 12.2. The van der Waals surface area contributed by atoms with E-state index in [4.69, 9.17) is 19.8 Å². The topological polar surface area (TPSA) is 138 Å². The van der Waals surface area contributed by atoms with Crippen molar-refractivity contribution in [2.75, 3.05) is 13.1 Å². The van der Waals surface area contributed by atoms with Crippen LogP contribution in [0.2, 0.25) is 0 Å². The van der Waals surface area contributed by atoms with Gasteiger partial charge in [0.1, 0.15) is 0 Å². The Balaban J connectivity index is 0.000000276. The summed E-state index contributed by atoms with van der Waals surface area (Å²) in [6, 6.07) is 13.6. The Morgan fingerprint density at radius 3 is 1.95 bits per heavy atom. The number of aromatic nitrogens is 2. The number of carboxylic acid groups (broad SMARTS) is 2. The summed E-state index contributed by atoms with van der Waals surface area (Å²) >= 11 is 0. The van der Waals surface area contributed by atoms with Crippen molar-refractivity contribution in [1.82, 2.24) is 14.9 Å². The number of nitrogens with zero attached hydrogens (tertiary/aromatic N) is 3. The lowest BCUT2D eigenvalue weighted by Crippen LogP contribution is -2.25. The van der Waals surface area contributed by atoms with E-state index in [9.17, 15) is 34.8 Å². The summed E-state index contributed by atoms with van der Waals surface area (Å²) in [6.07, 6.45) is -3.05. The van der Waals surface area contributed by atoms with Crippen LogP contribution in [0.1, 0.15) is 17.0 Å². The average molecular weight is 606 g/mol. The number of rotatable bonds is 3. The molecule has 0 spiro atoms. The molecule has 4 heterocycles. The van der Waals surface area contributed by atoms with E-state index in [2.05, 4.69) is 20.9 Å². The number of carbonyl (C=O) groups is 2. The Morgan fingerprint density at radius 1 is 0.854 bits per heavy atom. The Labute approximate surface area is 229 Å². The molecule has 2 aliphatic heterocycles. The summed E-state index contributed by atoms with van der Waals surface area (Å²) in [4.78, 5) is 28.8. The standard InChI is InChI=1S/C21H19N3O2S.2C2HF3O2/c25-27(26)20-4-3-17(16-5-8-22-9-6-16)10-18(20)19-13-24(14-21(19)27)12-15-2-1-7-23-11-15;2*3-2(4,5)1(6)7/h1-11,19,21H,12-14H2;2*(H,6,7). The van der Waals surface area contributed by atoms with Crippen LogP contribution in [0, 0.1) is 0 Å². The zero-order chi connectivity index (χ0) is 30.6. The molecule has 41 heavy (non-hydrogen) atoms. The van der Waals surface area contributed by atoms with Crippen molar-refractivity contribution in [2.45, 2.75) is 35.0 Å². The van der Waals surface area contributed by atoms with Crippen LogP contribution in [0.15, 0.2) is 72.1 Å². The van der Waals surface area contributed by atoms with Crippen LogP contribution >= 0.6 is 0 Å². The van der Waals surface area contributed by atoms with Crippen LogP contribution in [0.3, 0.4) is 0 Å². The van der Waals surface area contributed by atoms with Gasteiger partial charge in [-0.25, -0.2) is 18.0 Å². The number of hydrogen-bond donors (Lipinski definition) is 2. The van der Waals surface area contributed by atoms with Gasteiger partial charge in [-0.1, -0.05) is 12.1 Å². The summed E-state index contributed by atoms with van der Waals surface area (Å²) in [7, 11) is -3.28. The molecule has 1 saturated heterocycles. The van der Waals surface area contributed by atoms with Crippen LogP contribution in [0.5, 0.6) is 0 Å². The van der Waals surface area contributed by atoms with Gasteiger partial charge >= 0.3 is 24.3 Å². The van der Waals surface area contributed by atoms with E-state index in [1.807, 2.05) is 36.5 Å². The Morgan fingerprint density at radius 2 is 1.44 bits per heavy atom. The fourth-order valence-corrected chi connectivity index (χ4v) is 6.52. The number of sulfone groups is 1. The Kier molecular flexibility index (Phi) is 9.38. The molecule has 2 unspecified atom stereocenters. The van der Waals surface area contributed by atoms with E-state index >= 15 is 0 Å². The maximum atomic E-state index is 13.1. The van der Waals surface area contributed by atoms with E-state index < -0.39 is 34.1 Å². The summed E-state index contributed by atoms with van der Waals surface area (Å²) in [5.41, 5.74) is 4.17. The first-order valence-electron chi connectivity index (χ1n) is 11.5. The minimum absolute atomic E-state index is 0.0310. The van der Waals surface area contributed by atoms with Crippen LogP contribution in [-0.4, -0.2) is 76.1 Å². The Hall–Kier alpha value is -4.05. The second-order valence-corrected chi connectivity index (χ2v) is 11.0. The molecule has 0 saturated carbocycles. The van der Waals surface area contributed by atoms with Crippen molar-refractivity contribution in [3.05, 3.63) is 78.4 Å². The minimum Gasteiger partial charge on any atom is -0.475 e. The highest BCUT2D eigenvalue weighted by molar-refractivity contribution is 7.92. The van der Waals surface area contributed by atoms with Gasteiger partial charge in [-0.05, 0) is 52.6 Å². The van der Waals surface area contributed by atoms with Gasteiger partial charge in [0.25, 0.3) is 0 Å². The second-order valence-electron chi connectivity index (χ2n) is 8.84. The number of fused-ring (bicyclic) bond motifs is 3. The third-order valence-electron chi connectivity index (χ3n) is 6.08. The van der Waals surface area contributed by atoms with Gasteiger partial charge in [0.2, 0.25) is 0 Å². The molecule has 2 aromatic heterocycles. The maximum absolute atomic E-state index is 13.1. The molecule has 2 N–H and O–H groups in total. The van der Waals surface area contributed by atoms with Crippen LogP contribution in [0.4, 0.5) is 26.3 Å². The predicted molar refractivity (Wildman–Crippen MR) is 130 cm³/mol. The number of benzene rings is 1. The third kappa shape index (κ3) is 7.79. The lowest BCUT2D eigenvalue weighted by Gasteiger charge is -2.17. The first-order chi connectivity index (χ1) is 19.0. The van der Waals surface area contributed by atoms with Crippen molar-refractivity contribution >= 4 is 21.8 Å². The highest BCUT2D eigenvalue weighted by Crippen LogP contribution is 2.46. The van der Waals surface area contributed by atoms with Gasteiger partial charge in [-0.15, -0.1) is 0 Å². The number of carboxylic acids is 2. The highest BCUT2D eigenvalue weighted by Gasteiger charge is 2.50. The van der Waals surface area contributed by atoms with Crippen LogP contribution in [0.25, 0.3) is 11.1 Å². The molecule has 9 nitrogen and oxygen atoms in total. The van der Waals surface area contributed by atoms with Gasteiger partial charge in [-0.3, -0.25) is 14.9 Å². The lowest BCUT2D eigenvalue weighted by molar-refractivity contribution is -0.193. The third-order valence-corrected chi connectivity index (χ3v) is 8.34. The lowest BCUT2D eigenvalue weighted by atomic mass is 9.95. The fraction of sp³-hybridized carbons (Fsp3) is 0.280. The molecule has 2 atom stereocenters. The molecular formula is C25H21F6N3O6S. The van der Waals surface area contributed by atoms with E-state index in [0.717, 1.165) is 35.3 Å². The predicted octanol–water partition coefficient (Wildman–Crippen LogP) is 4.17. The molecule has 0 bridgehead atoms. The molecule has 1 fully saturated rings. The minimum atomic E-state index is -5.08. The first-order valence-corrected chi connectivity index (χ1v) is 13.1. The van der Waals surface area contributed by atoms with Gasteiger partial charge in [0, 0.05) is 50.3 Å². The quantitative estimate of drug-likeness (QED) is 0.422. The summed E-state index contributed by atoms with van der Waals surface area (Å²) in [5.74, 6) is -5.48. The molecule has 0 aliphatic carbocycles. The van der Waals surface area contributed by atoms with Crippen molar-refractivity contribution in [3.63, 3.8) is 0 Å². The number of pyridine rings is 2. The summed E-state index contributed by atoms with van der Waals surface area (Å²) in [6.45, 7) is 2.06. The highest BCUT2D eigenvalue weighted by atomic mass is 32.2. The van der Waals surface area contributed by atoms with Crippen molar-refractivity contribution in [3.8, 4) is 11.1 Å². The number of aliphatic carboxylic acids is 2. The van der Waals surface area contributed by atoms with Crippen molar-refractivity contribution in [1.29, 1.82) is 0 Å². The number of alkyl halides is 6. The smallest absolute Gasteiger partial charge is 0.475 e. The summed E-state index contributed by atoms with van der Waals surface area (Å²) < 4.78 is 89.6. The monoisotopic (exact) mass is 605 g/mol. The van der Waals surface area contributed by atoms with Gasteiger partial charge < -0.3 is 10.2 Å². The zero-order valence-corrected chi connectivity index (χ0v) is 21.5. The van der Waals surface area contributed by atoms with Gasteiger partial charge in [0.05, 0.1) is 10.1 Å². The summed E-state index contributed by atoms with van der Waals surface area (Å²) in [5, 5.41) is 13.9. The van der Waals surface area contributed by atoms with Crippen LogP contribution in [-0.2, 0) is 26.0 Å². The van der Waals surface area contributed by atoms with Crippen molar-refractivity contribution in [2.24, 2.45) is 0 Å². The first kappa shape index (κ1) is 31.5. The number of likely N-dealkylation sites (tertiary alicyclic amines) is 1. The molecule has 2 aliphatic rings. The molecular weight excluding hydrogens is 584 g/mol. The molecule has 220 valence electrons. The van der Waals surface area contributed by atoms with E-state index in [1.54, 1.807) is 24.7 Å². The van der Waals surface area contributed by atoms with Gasteiger partial charge in [0.15, 0.2) is 9.84 Å². The van der Waals surface area contributed by atoms with Crippen molar-refractivity contribution < 1.29 is 54.6 Å². The van der Waals surface area contributed by atoms with E-state index in [1.165, 1.54) is 0 Å². The largest absolute Gasteiger partial charge is 0.490 e. The maximum Gasteiger partial charge on any atom is 0.490 e. The number of halogens is 6. The molecule has 0 radical (unpaired) electrons.